The molecule has 0 bridgehead atoms. The summed E-state index contributed by atoms with van der Waals surface area (Å²) in [6.45, 7) is 5.15. The van der Waals surface area contributed by atoms with Gasteiger partial charge in [-0.05, 0) is 38.7 Å². The number of nitrogens with zero attached hydrogens (tertiary/aromatic N) is 7. The number of rotatable bonds is 5. The minimum absolute atomic E-state index is 0.00645. The maximum absolute atomic E-state index is 16.8. The van der Waals surface area contributed by atoms with Gasteiger partial charge in [0.15, 0.2) is 16.8 Å². The molecule has 2 fully saturated rings. The molecule has 4 heterocycles. The Labute approximate surface area is 260 Å². The fraction of sp³-hybridized carbons (Fsp3) is 0.333. The topological polar surface area (TPSA) is 106 Å². The number of anilines is 3. The van der Waals surface area contributed by atoms with E-state index in [0.717, 1.165) is 17.8 Å². The molecule has 0 radical (unpaired) electrons. The van der Waals surface area contributed by atoms with Gasteiger partial charge in [-0.2, -0.15) is 5.26 Å². The zero-order valence-electron chi connectivity index (χ0n) is 24.0. The van der Waals surface area contributed by atoms with Gasteiger partial charge in [0.1, 0.15) is 28.8 Å². The van der Waals surface area contributed by atoms with Gasteiger partial charge in [0, 0.05) is 61.8 Å². The summed E-state index contributed by atoms with van der Waals surface area (Å²) in [6, 6.07) is 6.70. The third kappa shape index (κ3) is 4.96. The zero-order valence-corrected chi connectivity index (χ0v) is 25.6. The number of likely N-dealkylation sites (N-methyl/N-ethyl adjacent to an activating group) is 1. The second-order valence-corrected chi connectivity index (χ2v) is 12.5. The summed E-state index contributed by atoms with van der Waals surface area (Å²) >= 11 is 7.73. The van der Waals surface area contributed by atoms with Crippen LogP contribution in [0.1, 0.15) is 12.0 Å². The smallest absolute Gasteiger partial charge is 0.282 e. The molecule has 2 N–H and O–H groups in total. The van der Waals surface area contributed by atoms with E-state index in [1.807, 2.05) is 23.9 Å². The number of thiazole rings is 1. The lowest BCUT2D eigenvalue weighted by Crippen LogP contribution is -2.49. The molecule has 4 aromatic rings. The van der Waals surface area contributed by atoms with Crippen molar-refractivity contribution in [2.75, 3.05) is 68.9 Å². The summed E-state index contributed by atoms with van der Waals surface area (Å²) in [5.74, 6) is -2.77. The molecule has 14 heteroatoms. The Morgan fingerprint density at radius 3 is 2.52 bits per heavy atom. The fourth-order valence-corrected chi connectivity index (χ4v) is 7.12. The van der Waals surface area contributed by atoms with Crippen LogP contribution in [0.5, 0.6) is 0 Å². The Hall–Kier alpha value is -4.12. The number of fused-ring (bicyclic) bond motifs is 2. The van der Waals surface area contributed by atoms with Crippen molar-refractivity contribution in [2.45, 2.75) is 12.5 Å². The second-order valence-electron chi connectivity index (χ2n) is 11.1. The number of hydrogen-bond donors (Lipinski definition) is 1. The molecule has 0 saturated carbocycles. The minimum atomic E-state index is -1.05. The number of piperazine rings is 1. The molecule has 2 aliphatic rings. The average Bonchev–Trinajstić information content (AvgIpc) is 3.65. The van der Waals surface area contributed by atoms with Crippen LogP contribution in [0, 0.1) is 23.0 Å². The molecule has 0 aliphatic carbocycles. The third-order valence-corrected chi connectivity index (χ3v) is 9.52. The van der Waals surface area contributed by atoms with Gasteiger partial charge in [-0.3, -0.25) is 4.79 Å². The summed E-state index contributed by atoms with van der Waals surface area (Å²) < 4.78 is 45.2. The Morgan fingerprint density at radius 2 is 1.89 bits per heavy atom. The van der Waals surface area contributed by atoms with Crippen molar-refractivity contribution < 1.29 is 18.0 Å². The molecule has 2 aromatic carbocycles. The van der Waals surface area contributed by atoms with Crippen molar-refractivity contribution in [3.05, 3.63) is 52.8 Å². The van der Waals surface area contributed by atoms with Crippen LogP contribution < -0.4 is 15.5 Å². The molecule has 2 saturated heterocycles. The molecule has 44 heavy (non-hydrogen) atoms. The number of halogens is 4. The maximum atomic E-state index is 16.8. The lowest BCUT2D eigenvalue weighted by atomic mass is 9.98. The predicted octanol–water partition coefficient (Wildman–Crippen LogP) is 5.17. The molecule has 1 unspecified atom stereocenters. The number of nitrogen functional groups attached to an aromatic ring is 1. The van der Waals surface area contributed by atoms with Gasteiger partial charge in [0.2, 0.25) is 0 Å². The van der Waals surface area contributed by atoms with Crippen LogP contribution in [0.3, 0.4) is 0 Å². The van der Waals surface area contributed by atoms with Crippen molar-refractivity contribution >= 4 is 66.6 Å². The quantitative estimate of drug-likeness (QED) is 0.298. The lowest BCUT2D eigenvalue weighted by Gasteiger charge is -2.37. The number of hydrogen-bond acceptors (Lipinski definition) is 9. The van der Waals surface area contributed by atoms with Gasteiger partial charge >= 0.3 is 0 Å². The molecule has 0 spiro atoms. The highest BCUT2D eigenvalue weighted by Gasteiger charge is 2.33. The van der Waals surface area contributed by atoms with Crippen molar-refractivity contribution in [3.63, 3.8) is 0 Å². The standard InChI is InChI=1S/C30H28ClF3N8OS/c1-15(32)29(43)41-10-8-40(9-11-41)26-18-12-20(31)22(17-4-5-21(33)27-25(17)38-30(36)44-27)23(34)24(18)37-28(19(26)13-35)42-7-6-16(14-42)39(2)3/h4-5,12,16H,1,6-11,14H2,2-3H3,(H2,36,38). The van der Waals surface area contributed by atoms with Crippen molar-refractivity contribution in [1.29, 1.82) is 5.26 Å². The van der Waals surface area contributed by atoms with E-state index >= 15 is 4.39 Å². The summed E-state index contributed by atoms with van der Waals surface area (Å²) in [7, 11) is 3.96. The molecule has 228 valence electrons. The largest absolute Gasteiger partial charge is 0.375 e. The summed E-state index contributed by atoms with van der Waals surface area (Å²) in [4.78, 5) is 28.5. The molecule has 2 aromatic heterocycles. The van der Waals surface area contributed by atoms with Gasteiger partial charge in [0.05, 0.1) is 20.9 Å². The van der Waals surface area contributed by atoms with Crippen LogP contribution in [0.15, 0.2) is 30.6 Å². The van der Waals surface area contributed by atoms with E-state index < -0.39 is 23.4 Å². The van der Waals surface area contributed by atoms with E-state index in [1.54, 1.807) is 6.07 Å². The number of aromatic nitrogens is 2. The van der Waals surface area contributed by atoms with Gasteiger partial charge in [0.25, 0.3) is 5.91 Å². The Balaban J connectivity index is 1.57. The minimum Gasteiger partial charge on any atom is -0.375 e. The number of nitrogens with two attached hydrogens (primary N) is 1. The number of carbonyl (C=O) groups is 1. The first-order chi connectivity index (χ1) is 21.0. The lowest BCUT2D eigenvalue weighted by molar-refractivity contribution is -0.128. The number of nitriles is 1. The fourth-order valence-electron chi connectivity index (χ4n) is 6.06. The zero-order chi connectivity index (χ0) is 31.4. The molecular formula is C30H28ClF3N8OS. The Bertz CT molecular complexity index is 1880. The first kappa shape index (κ1) is 29.9. The van der Waals surface area contributed by atoms with E-state index in [0.29, 0.717) is 30.0 Å². The van der Waals surface area contributed by atoms with E-state index in [2.05, 4.69) is 22.5 Å². The monoisotopic (exact) mass is 640 g/mol. The van der Waals surface area contributed by atoms with E-state index in [-0.39, 0.29) is 74.8 Å². The van der Waals surface area contributed by atoms with Crippen LogP contribution in [0.4, 0.5) is 29.8 Å². The van der Waals surface area contributed by atoms with Gasteiger partial charge in [-0.15, -0.1) is 0 Å². The van der Waals surface area contributed by atoms with Gasteiger partial charge < -0.3 is 25.3 Å². The molecular weight excluding hydrogens is 613 g/mol. The Kier molecular flexibility index (Phi) is 7.77. The molecule has 1 amide bonds. The molecule has 9 nitrogen and oxygen atoms in total. The normalized spacial score (nSPS) is 17.2. The van der Waals surface area contributed by atoms with Crippen LogP contribution in [0.2, 0.25) is 5.02 Å². The third-order valence-electron chi connectivity index (χ3n) is 8.33. The van der Waals surface area contributed by atoms with Crippen molar-refractivity contribution in [3.8, 4) is 17.2 Å². The van der Waals surface area contributed by atoms with Gasteiger partial charge in [-0.1, -0.05) is 29.5 Å². The second kappa shape index (κ2) is 11.4. The summed E-state index contributed by atoms with van der Waals surface area (Å²) in [5, 5.41) is 11.0. The van der Waals surface area contributed by atoms with Gasteiger partial charge in [-0.25, -0.2) is 23.1 Å². The predicted molar refractivity (Wildman–Crippen MR) is 168 cm³/mol. The van der Waals surface area contributed by atoms with E-state index in [1.165, 1.54) is 17.0 Å². The highest BCUT2D eigenvalue weighted by molar-refractivity contribution is 7.22. The SMILES string of the molecule is C=C(F)C(=O)N1CCN(c2c(C#N)c(N3CCC(N(C)C)C3)nc3c(F)c(-c4ccc(F)c5sc(N)nc45)c(Cl)cc23)CC1. The van der Waals surface area contributed by atoms with Crippen LogP contribution in [0.25, 0.3) is 32.2 Å². The highest BCUT2D eigenvalue weighted by Crippen LogP contribution is 2.45. The highest BCUT2D eigenvalue weighted by atomic mass is 35.5. The molecule has 2 aliphatic heterocycles. The number of carbonyl (C=O) groups excluding carboxylic acids is 1. The summed E-state index contributed by atoms with van der Waals surface area (Å²) in [6.07, 6.45) is 0.827. The van der Waals surface area contributed by atoms with E-state index in [9.17, 15) is 18.8 Å². The molecule has 1 atom stereocenters. The van der Waals surface area contributed by atoms with Crippen LogP contribution >= 0.6 is 22.9 Å². The Morgan fingerprint density at radius 1 is 1.16 bits per heavy atom. The van der Waals surface area contributed by atoms with Crippen LogP contribution in [-0.4, -0.2) is 85.1 Å². The first-order valence-corrected chi connectivity index (χ1v) is 15.1. The van der Waals surface area contributed by atoms with Crippen molar-refractivity contribution in [2.24, 2.45) is 0 Å². The van der Waals surface area contributed by atoms with Crippen molar-refractivity contribution in [1.82, 2.24) is 19.8 Å². The van der Waals surface area contributed by atoms with E-state index in [4.69, 9.17) is 22.3 Å². The number of pyridine rings is 1. The average molecular weight is 641 g/mol. The number of benzene rings is 2. The molecule has 6 rings (SSSR count). The summed E-state index contributed by atoms with van der Waals surface area (Å²) in [5.41, 5.74) is 7.00. The number of amides is 1. The first-order valence-electron chi connectivity index (χ1n) is 13.9. The maximum Gasteiger partial charge on any atom is 0.282 e. The van der Waals surface area contributed by atoms with Crippen LogP contribution in [-0.2, 0) is 4.79 Å².